The standard InChI is InChI=1S/C18H15Cl2F3N2O3S/c19-14-8-15(20)16(29(27,28)25-12-4-5-12)7-13(14)17(26)24-9-10-2-1-3-11(6-10)18(21,22)23/h1-3,6-8,12,25H,4-5,9H2,(H,24,26). The van der Waals surface area contributed by atoms with Crippen molar-refractivity contribution in [2.45, 2.75) is 36.5 Å². The average Bonchev–Trinajstić information content (AvgIpc) is 3.42. The molecule has 1 fully saturated rings. The van der Waals surface area contributed by atoms with Crippen molar-refractivity contribution in [2.24, 2.45) is 0 Å². The predicted octanol–water partition coefficient (Wildman–Crippen LogP) is 4.38. The zero-order valence-corrected chi connectivity index (χ0v) is 17.0. The molecule has 2 aromatic rings. The summed E-state index contributed by atoms with van der Waals surface area (Å²) in [6.45, 7) is -0.204. The molecular weight excluding hydrogens is 452 g/mol. The van der Waals surface area contributed by atoms with Gasteiger partial charge in [0.05, 0.1) is 21.2 Å². The van der Waals surface area contributed by atoms with E-state index in [0.717, 1.165) is 37.1 Å². The molecule has 0 radical (unpaired) electrons. The number of carbonyl (C=O) groups excluding carboxylic acids is 1. The Morgan fingerprint density at radius 3 is 2.41 bits per heavy atom. The molecule has 0 spiro atoms. The molecule has 11 heteroatoms. The Morgan fingerprint density at radius 2 is 1.79 bits per heavy atom. The highest BCUT2D eigenvalue weighted by molar-refractivity contribution is 7.89. The normalized spacial score (nSPS) is 14.7. The molecule has 29 heavy (non-hydrogen) atoms. The molecule has 0 saturated heterocycles. The minimum absolute atomic E-state index is 0.0816. The van der Waals surface area contributed by atoms with E-state index in [0.29, 0.717) is 0 Å². The van der Waals surface area contributed by atoms with Gasteiger partial charge in [0.25, 0.3) is 5.91 Å². The molecule has 156 valence electrons. The molecule has 0 atom stereocenters. The second-order valence-corrected chi connectivity index (χ2v) is 9.04. The zero-order chi connectivity index (χ0) is 21.4. The highest BCUT2D eigenvalue weighted by Crippen LogP contribution is 2.31. The van der Waals surface area contributed by atoms with Crippen LogP contribution >= 0.6 is 23.2 Å². The molecule has 0 bridgehead atoms. The molecule has 1 aliphatic carbocycles. The van der Waals surface area contributed by atoms with Gasteiger partial charge < -0.3 is 5.32 Å². The molecule has 0 heterocycles. The maximum atomic E-state index is 12.8. The summed E-state index contributed by atoms with van der Waals surface area (Å²) in [4.78, 5) is 12.2. The van der Waals surface area contributed by atoms with E-state index >= 15 is 0 Å². The Kier molecular flexibility index (Phi) is 6.14. The lowest BCUT2D eigenvalue weighted by Crippen LogP contribution is -2.27. The Hall–Kier alpha value is -1.81. The van der Waals surface area contributed by atoms with Gasteiger partial charge in [-0.2, -0.15) is 13.2 Å². The Labute approximate surface area is 175 Å². The summed E-state index contributed by atoms with van der Waals surface area (Å²) in [5.41, 5.74) is -0.769. The lowest BCUT2D eigenvalue weighted by atomic mass is 10.1. The number of hydrogen-bond acceptors (Lipinski definition) is 3. The van der Waals surface area contributed by atoms with E-state index in [1.54, 1.807) is 0 Å². The maximum Gasteiger partial charge on any atom is 0.416 e. The Morgan fingerprint density at radius 1 is 1.10 bits per heavy atom. The van der Waals surface area contributed by atoms with Crippen molar-refractivity contribution in [1.82, 2.24) is 10.0 Å². The number of rotatable bonds is 6. The van der Waals surface area contributed by atoms with E-state index in [4.69, 9.17) is 23.2 Å². The highest BCUT2D eigenvalue weighted by atomic mass is 35.5. The minimum Gasteiger partial charge on any atom is -0.348 e. The van der Waals surface area contributed by atoms with E-state index in [9.17, 15) is 26.4 Å². The summed E-state index contributed by atoms with van der Waals surface area (Å²) in [6.07, 6.45) is -3.07. The van der Waals surface area contributed by atoms with E-state index in [-0.39, 0.29) is 38.7 Å². The maximum absolute atomic E-state index is 12.8. The quantitative estimate of drug-likeness (QED) is 0.662. The highest BCUT2D eigenvalue weighted by Gasteiger charge is 2.31. The van der Waals surface area contributed by atoms with Gasteiger partial charge in [0, 0.05) is 12.6 Å². The van der Waals surface area contributed by atoms with Crippen LogP contribution in [0.3, 0.4) is 0 Å². The summed E-state index contributed by atoms with van der Waals surface area (Å²) in [6, 6.07) is 6.53. The lowest BCUT2D eigenvalue weighted by Gasteiger charge is -2.12. The van der Waals surface area contributed by atoms with Crippen molar-refractivity contribution in [3.8, 4) is 0 Å². The first-order chi connectivity index (χ1) is 13.5. The number of sulfonamides is 1. The van der Waals surface area contributed by atoms with Gasteiger partial charge in [0.2, 0.25) is 10.0 Å². The summed E-state index contributed by atoms with van der Waals surface area (Å²) < 4.78 is 65.7. The number of alkyl halides is 3. The summed E-state index contributed by atoms with van der Waals surface area (Å²) in [5.74, 6) is -0.744. The third-order valence-electron chi connectivity index (χ3n) is 4.16. The van der Waals surface area contributed by atoms with Crippen LogP contribution in [0.1, 0.15) is 34.3 Å². The summed E-state index contributed by atoms with van der Waals surface area (Å²) in [7, 11) is -3.94. The third-order valence-corrected chi connectivity index (χ3v) is 6.46. The van der Waals surface area contributed by atoms with Crippen molar-refractivity contribution in [2.75, 3.05) is 0 Å². The fourth-order valence-corrected chi connectivity index (χ4v) is 4.69. The molecule has 0 aromatic heterocycles. The van der Waals surface area contributed by atoms with Gasteiger partial charge in [-0.05, 0) is 42.7 Å². The Balaban J connectivity index is 1.80. The predicted molar refractivity (Wildman–Crippen MR) is 102 cm³/mol. The SMILES string of the molecule is O=C(NCc1cccc(C(F)(F)F)c1)c1cc(S(=O)(=O)NC2CC2)c(Cl)cc1Cl. The number of benzene rings is 2. The number of hydrogen-bond donors (Lipinski definition) is 2. The van der Waals surface area contributed by atoms with Gasteiger partial charge in [-0.25, -0.2) is 13.1 Å². The van der Waals surface area contributed by atoms with Crippen LogP contribution in [0.15, 0.2) is 41.3 Å². The van der Waals surface area contributed by atoms with Crippen molar-refractivity contribution >= 4 is 39.1 Å². The largest absolute Gasteiger partial charge is 0.416 e. The smallest absolute Gasteiger partial charge is 0.348 e. The molecular formula is C18H15Cl2F3N2O3S. The van der Waals surface area contributed by atoms with Crippen LogP contribution in [-0.4, -0.2) is 20.4 Å². The molecule has 1 aliphatic rings. The van der Waals surface area contributed by atoms with Gasteiger partial charge in [0.1, 0.15) is 4.90 Å². The average molecular weight is 467 g/mol. The van der Waals surface area contributed by atoms with E-state index < -0.39 is 27.7 Å². The third kappa shape index (κ3) is 5.42. The number of carbonyl (C=O) groups is 1. The zero-order valence-electron chi connectivity index (χ0n) is 14.7. The first kappa shape index (κ1) is 21.9. The van der Waals surface area contributed by atoms with E-state index in [2.05, 4.69) is 10.0 Å². The lowest BCUT2D eigenvalue weighted by molar-refractivity contribution is -0.137. The monoisotopic (exact) mass is 466 g/mol. The van der Waals surface area contributed by atoms with Crippen molar-refractivity contribution in [3.63, 3.8) is 0 Å². The van der Waals surface area contributed by atoms with E-state index in [1.165, 1.54) is 12.1 Å². The molecule has 1 amide bonds. The van der Waals surface area contributed by atoms with Gasteiger partial charge >= 0.3 is 6.18 Å². The van der Waals surface area contributed by atoms with Crippen molar-refractivity contribution < 1.29 is 26.4 Å². The van der Waals surface area contributed by atoms with Crippen molar-refractivity contribution in [3.05, 3.63) is 63.1 Å². The van der Waals surface area contributed by atoms with Crippen LogP contribution in [0, 0.1) is 0 Å². The molecule has 0 unspecified atom stereocenters. The molecule has 5 nitrogen and oxygen atoms in total. The molecule has 1 saturated carbocycles. The first-order valence-electron chi connectivity index (χ1n) is 8.43. The molecule has 0 aliphatic heterocycles. The fraction of sp³-hybridized carbons (Fsp3) is 0.278. The number of amides is 1. The number of nitrogens with one attached hydrogen (secondary N) is 2. The van der Waals surface area contributed by atoms with Crippen LogP contribution < -0.4 is 10.0 Å². The van der Waals surface area contributed by atoms with Crippen molar-refractivity contribution in [1.29, 1.82) is 0 Å². The van der Waals surface area contributed by atoms with Crippen LogP contribution in [0.25, 0.3) is 0 Å². The van der Waals surface area contributed by atoms with Gasteiger partial charge in [-0.1, -0.05) is 35.3 Å². The van der Waals surface area contributed by atoms with Gasteiger partial charge in [0.15, 0.2) is 0 Å². The molecule has 3 rings (SSSR count). The van der Waals surface area contributed by atoms with E-state index in [1.807, 2.05) is 0 Å². The Bertz CT molecular complexity index is 1050. The summed E-state index contributed by atoms with van der Waals surface area (Å²) in [5, 5.41) is 2.21. The minimum atomic E-state index is -4.50. The second kappa shape index (κ2) is 8.14. The van der Waals surface area contributed by atoms with Crippen LogP contribution in [-0.2, 0) is 22.7 Å². The molecule has 2 aromatic carbocycles. The fourth-order valence-electron chi connectivity index (χ4n) is 2.53. The second-order valence-electron chi connectivity index (χ2n) is 6.54. The van der Waals surface area contributed by atoms with Gasteiger partial charge in [-0.3, -0.25) is 4.79 Å². The topological polar surface area (TPSA) is 75.3 Å². The van der Waals surface area contributed by atoms with Crippen LogP contribution in [0.5, 0.6) is 0 Å². The van der Waals surface area contributed by atoms with Crippen LogP contribution in [0.2, 0.25) is 10.0 Å². The summed E-state index contributed by atoms with van der Waals surface area (Å²) >= 11 is 12.0. The molecule has 2 N–H and O–H groups in total. The van der Waals surface area contributed by atoms with Crippen LogP contribution in [0.4, 0.5) is 13.2 Å². The van der Waals surface area contributed by atoms with Gasteiger partial charge in [-0.15, -0.1) is 0 Å². The number of halogens is 5. The first-order valence-corrected chi connectivity index (χ1v) is 10.7.